The Labute approximate surface area is 125 Å². The third-order valence-electron chi connectivity index (χ3n) is 3.82. The van der Waals surface area contributed by atoms with E-state index in [0.717, 1.165) is 24.2 Å². The van der Waals surface area contributed by atoms with Gasteiger partial charge in [-0.05, 0) is 38.7 Å². The van der Waals surface area contributed by atoms with Crippen molar-refractivity contribution in [3.63, 3.8) is 0 Å². The van der Waals surface area contributed by atoms with E-state index >= 15 is 0 Å². The van der Waals surface area contributed by atoms with Gasteiger partial charge in [0.25, 0.3) is 0 Å². The van der Waals surface area contributed by atoms with Crippen molar-refractivity contribution in [3.05, 3.63) is 29.8 Å². The first-order valence-corrected chi connectivity index (χ1v) is 7.28. The molecule has 1 unspecified atom stereocenters. The van der Waals surface area contributed by atoms with Crippen molar-refractivity contribution in [3.8, 4) is 0 Å². The molecule has 0 saturated carbocycles. The van der Waals surface area contributed by atoms with Gasteiger partial charge in [0.15, 0.2) is 0 Å². The van der Waals surface area contributed by atoms with Crippen LogP contribution in [0.4, 0.5) is 5.69 Å². The minimum Gasteiger partial charge on any atom is -0.356 e. The number of hydrogen-bond acceptors (Lipinski definition) is 3. The number of fused-ring (bicyclic) bond motifs is 1. The lowest BCUT2D eigenvalue weighted by Crippen LogP contribution is -2.39. The molecule has 0 aromatic heterocycles. The van der Waals surface area contributed by atoms with Gasteiger partial charge in [0.05, 0.1) is 5.92 Å². The Morgan fingerprint density at radius 2 is 2.10 bits per heavy atom. The second kappa shape index (κ2) is 6.72. The van der Waals surface area contributed by atoms with Gasteiger partial charge in [-0.25, -0.2) is 0 Å². The molecule has 1 aliphatic heterocycles. The summed E-state index contributed by atoms with van der Waals surface area (Å²) in [5, 5.41) is 2.95. The van der Waals surface area contributed by atoms with Crippen molar-refractivity contribution in [2.75, 3.05) is 39.1 Å². The van der Waals surface area contributed by atoms with Crippen molar-refractivity contribution >= 4 is 17.5 Å². The predicted octanol–water partition coefficient (Wildman–Crippen LogP) is 1.20. The maximum absolute atomic E-state index is 12.4. The zero-order valence-electron chi connectivity index (χ0n) is 12.9. The van der Waals surface area contributed by atoms with E-state index in [4.69, 9.17) is 0 Å². The molecule has 1 atom stereocenters. The number of nitrogens with zero attached hydrogens (tertiary/aromatic N) is 2. The van der Waals surface area contributed by atoms with Crippen LogP contribution in [0.5, 0.6) is 0 Å². The molecule has 0 fully saturated rings. The summed E-state index contributed by atoms with van der Waals surface area (Å²) in [6.07, 6.45) is 1.15. The minimum atomic E-state index is -0.371. The van der Waals surface area contributed by atoms with Crippen LogP contribution in [0.3, 0.4) is 0 Å². The normalized spacial score (nSPS) is 17.8. The average Bonchev–Trinajstić information content (AvgIpc) is 2.47. The van der Waals surface area contributed by atoms with Crippen molar-refractivity contribution in [2.45, 2.75) is 18.8 Å². The summed E-state index contributed by atoms with van der Waals surface area (Å²) in [5.41, 5.74) is 1.77. The van der Waals surface area contributed by atoms with E-state index in [1.54, 1.807) is 11.9 Å². The molecule has 21 heavy (non-hydrogen) atoms. The van der Waals surface area contributed by atoms with E-state index in [1.165, 1.54) is 0 Å². The lowest BCUT2D eigenvalue weighted by atomic mass is 9.89. The zero-order valence-corrected chi connectivity index (χ0v) is 12.9. The van der Waals surface area contributed by atoms with E-state index in [-0.39, 0.29) is 24.2 Å². The highest BCUT2D eigenvalue weighted by Gasteiger charge is 2.33. The van der Waals surface area contributed by atoms with Crippen LogP contribution in [0.1, 0.15) is 24.3 Å². The molecule has 1 heterocycles. The first-order valence-electron chi connectivity index (χ1n) is 7.28. The molecule has 1 aliphatic rings. The molecule has 0 bridgehead atoms. The quantitative estimate of drug-likeness (QED) is 0.829. The van der Waals surface area contributed by atoms with E-state index in [0.29, 0.717) is 6.54 Å². The number of carbonyl (C=O) groups is 2. The van der Waals surface area contributed by atoms with Gasteiger partial charge in [-0.3, -0.25) is 9.59 Å². The third kappa shape index (κ3) is 3.61. The molecule has 2 amide bonds. The maximum Gasteiger partial charge on any atom is 0.228 e. The number of anilines is 1. The SMILES string of the molecule is CN(C)CCCNC(=O)C1CC(=O)N(C)c2ccccc21. The highest BCUT2D eigenvalue weighted by molar-refractivity contribution is 6.02. The summed E-state index contributed by atoms with van der Waals surface area (Å²) in [7, 11) is 5.77. The fourth-order valence-electron chi connectivity index (χ4n) is 2.61. The van der Waals surface area contributed by atoms with Crippen LogP contribution in [0.25, 0.3) is 0 Å². The zero-order chi connectivity index (χ0) is 15.4. The maximum atomic E-state index is 12.4. The summed E-state index contributed by atoms with van der Waals surface area (Å²) >= 11 is 0. The molecule has 114 valence electrons. The fraction of sp³-hybridized carbons (Fsp3) is 0.500. The largest absolute Gasteiger partial charge is 0.356 e. The molecule has 0 saturated heterocycles. The van der Waals surface area contributed by atoms with Gasteiger partial charge in [-0.2, -0.15) is 0 Å². The van der Waals surface area contributed by atoms with Gasteiger partial charge in [0, 0.05) is 25.7 Å². The van der Waals surface area contributed by atoms with Crippen LogP contribution < -0.4 is 10.2 Å². The predicted molar refractivity (Wildman–Crippen MR) is 83.4 cm³/mol. The van der Waals surface area contributed by atoms with Crippen LogP contribution >= 0.6 is 0 Å². The Balaban J connectivity index is 2.04. The van der Waals surface area contributed by atoms with E-state index < -0.39 is 0 Å². The van der Waals surface area contributed by atoms with Crippen molar-refractivity contribution < 1.29 is 9.59 Å². The van der Waals surface area contributed by atoms with Gasteiger partial charge in [-0.15, -0.1) is 0 Å². The Kier molecular flexibility index (Phi) is 4.96. The second-order valence-corrected chi connectivity index (χ2v) is 5.72. The molecule has 1 N–H and O–H groups in total. The highest BCUT2D eigenvalue weighted by Crippen LogP contribution is 2.34. The van der Waals surface area contributed by atoms with Crippen LogP contribution in [-0.4, -0.2) is 50.9 Å². The summed E-state index contributed by atoms with van der Waals surface area (Å²) in [4.78, 5) is 28.1. The molecule has 0 aliphatic carbocycles. The van der Waals surface area contributed by atoms with Gasteiger partial charge < -0.3 is 15.1 Å². The monoisotopic (exact) mass is 289 g/mol. The first kappa shape index (κ1) is 15.5. The molecule has 1 aromatic rings. The Morgan fingerprint density at radius 3 is 2.81 bits per heavy atom. The van der Waals surface area contributed by atoms with Crippen molar-refractivity contribution in [1.82, 2.24) is 10.2 Å². The van der Waals surface area contributed by atoms with Gasteiger partial charge in [0.2, 0.25) is 11.8 Å². The van der Waals surface area contributed by atoms with E-state index in [2.05, 4.69) is 10.2 Å². The van der Waals surface area contributed by atoms with Crippen LogP contribution in [0.15, 0.2) is 24.3 Å². The lowest BCUT2D eigenvalue weighted by molar-refractivity contribution is -0.127. The van der Waals surface area contributed by atoms with E-state index in [9.17, 15) is 9.59 Å². The van der Waals surface area contributed by atoms with Gasteiger partial charge in [-0.1, -0.05) is 18.2 Å². The average molecular weight is 289 g/mol. The molecular formula is C16H23N3O2. The summed E-state index contributed by atoms with van der Waals surface area (Å²) < 4.78 is 0. The number of amides is 2. The number of para-hydroxylation sites is 1. The van der Waals surface area contributed by atoms with Gasteiger partial charge >= 0.3 is 0 Å². The summed E-state index contributed by atoms with van der Waals surface area (Å²) in [6, 6.07) is 7.62. The minimum absolute atomic E-state index is 0.0119. The van der Waals surface area contributed by atoms with Gasteiger partial charge in [0.1, 0.15) is 0 Å². The number of hydrogen-bond donors (Lipinski definition) is 1. The molecule has 2 rings (SSSR count). The number of rotatable bonds is 5. The van der Waals surface area contributed by atoms with Crippen molar-refractivity contribution in [1.29, 1.82) is 0 Å². The van der Waals surface area contributed by atoms with Crippen LogP contribution in [0.2, 0.25) is 0 Å². The number of nitrogens with one attached hydrogen (secondary N) is 1. The molecular weight excluding hydrogens is 266 g/mol. The Morgan fingerprint density at radius 1 is 1.38 bits per heavy atom. The standard InChI is InChI=1S/C16H23N3O2/c1-18(2)10-6-9-17-16(21)13-11-15(20)19(3)14-8-5-4-7-12(13)14/h4-5,7-8,13H,6,9-11H2,1-3H3,(H,17,21). The smallest absolute Gasteiger partial charge is 0.228 e. The number of benzene rings is 1. The number of carbonyl (C=O) groups excluding carboxylic acids is 2. The summed E-state index contributed by atoms with van der Waals surface area (Å²) in [5.74, 6) is -0.436. The van der Waals surface area contributed by atoms with Crippen LogP contribution in [-0.2, 0) is 9.59 Å². The molecule has 0 radical (unpaired) electrons. The topological polar surface area (TPSA) is 52.7 Å². The summed E-state index contributed by atoms with van der Waals surface area (Å²) in [6.45, 7) is 1.57. The molecule has 5 nitrogen and oxygen atoms in total. The second-order valence-electron chi connectivity index (χ2n) is 5.72. The Hall–Kier alpha value is -1.88. The van der Waals surface area contributed by atoms with Crippen LogP contribution in [0, 0.1) is 0 Å². The first-order chi connectivity index (χ1) is 10.0. The third-order valence-corrected chi connectivity index (χ3v) is 3.82. The lowest BCUT2D eigenvalue weighted by Gasteiger charge is -2.30. The Bertz CT molecular complexity index is 528. The van der Waals surface area contributed by atoms with Crippen molar-refractivity contribution in [2.24, 2.45) is 0 Å². The fourth-order valence-corrected chi connectivity index (χ4v) is 2.61. The van der Waals surface area contributed by atoms with E-state index in [1.807, 2.05) is 38.4 Å². The molecule has 0 spiro atoms. The molecule has 1 aromatic carbocycles. The highest BCUT2D eigenvalue weighted by atomic mass is 16.2. The molecule has 5 heteroatoms.